The molecule has 2 amide bonds. The predicted octanol–water partition coefficient (Wildman–Crippen LogP) is 5.37. The van der Waals surface area contributed by atoms with Gasteiger partial charge in [-0.2, -0.15) is 5.10 Å². The minimum atomic E-state index is -0.370. The number of carbonyl (C=O) groups excluding carboxylic acids is 2. The molecule has 8 nitrogen and oxygen atoms in total. The molecular weight excluding hydrogens is 579 g/mol. The largest absolute Gasteiger partial charge is 0.497 e. The van der Waals surface area contributed by atoms with Crippen LogP contribution in [0.25, 0.3) is 16.9 Å². The zero-order chi connectivity index (χ0) is 29.2. The standard InChI is InChI=1S/C31H28ClFN4O4S/c1-40-25-12-10-24(11-13-25)37-31-28(29(34-37)20-2-6-22(32)7-3-20)30(21-4-8-23(33)9-5-21)42-19-27(39)36(31)18-26(38)35-14-16-41-17-15-35/h2-13,30H,14-19H2,1H3/t30-/m1/s1. The number of hydrogen-bond donors (Lipinski definition) is 0. The van der Waals surface area contributed by atoms with Gasteiger partial charge in [0, 0.05) is 29.2 Å². The summed E-state index contributed by atoms with van der Waals surface area (Å²) in [6.45, 7) is 1.70. The molecule has 1 fully saturated rings. The fourth-order valence-electron chi connectivity index (χ4n) is 5.19. The Morgan fingerprint density at radius 3 is 2.40 bits per heavy atom. The lowest BCUT2D eigenvalue weighted by Crippen LogP contribution is -2.48. The van der Waals surface area contributed by atoms with Gasteiger partial charge in [-0.3, -0.25) is 14.5 Å². The van der Waals surface area contributed by atoms with Crippen LogP contribution in [0.3, 0.4) is 0 Å². The molecule has 0 aliphatic carbocycles. The van der Waals surface area contributed by atoms with Crippen LogP contribution in [0, 0.1) is 5.82 Å². The molecule has 1 aromatic heterocycles. The van der Waals surface area contributed by atoms with Crippen molar-refractivity contribution in [1.29, 1.82) is 0 Å². The minimum absolute atomic E-state index is 0.121. The second-order valence-corrected chi connectivity index (χ2v) is 11.4. The average Bonchev–Trinajstić information content (AvgIpc) is 3.34. The van der Waals surface area contributed by atoms with E-state index in [1.807, 2.05) is 36.4 Å². The third-order valence-corrected chi connectivity index (χ3v) is 8.86. The summed E-state index contributed by atoms with van der Waals surface area (Å²) in [7, 11) is 1.59. The monoisotopic (exact) mass is 606 g/mol. The Hall–Kier alpha value is -3.86. The molecule has 0 spiro atoms. The van der Waals surface area contributed by atoms with Gasteiger partial charge in [0.15, 0.2) is 0 Å². The van der Waals surface area contributed by atoms with Crippen LogP contribution < -0.4 is 9.64 Å². The van der Waals surface area contributed by atoms with Crippen molar-refractivity contribution >= 4 is 41.0 Å². The van der Waals surface area contributed by atoms with Crippen molar-refractivity contribution in [3.63, 3.8) is 0 Å². The molecule has 2 aliphatic heterocycles. The van der Waals surface area contributed by atoms with E-state index in [4.69, 9.17) is 26.2 Å². The molecule has 6 rings (SSSR count). The zero-order valence-corrected chi connectivity index (χ0v) is 24.4. The second kappa shape index (κ2) is 12.2. The lowest BCUT2D eigenvalue weighted by atomic mass is 9.99. The van der Waals surface area contributed by atoms with Gasteiger partial charge in [0.25, 0.3) is 0 Å². The SMILES string of the molecule is COc1ccc(-n2nc(-c3ccc(Cl)cc3)c3c2N(CC(=O)N2CCOCC2)C(=O)CS[C@@H]3c2ccc(F)cc2)cc1. The summed E-state index contributed by atoms with van der Waals surface area (Å²) >= 11 is 7.66. The third kappa shape index (κ3) is 5.62. The molecule has 0 unspecified atom stereocenters. The molecule has 0 radical (unpaired) electrons. The molecule has 2 aliphatic rings. The van der Waals surface area contributed by atoms with Gasteiger partial charge >= 0.3 is 0 Å². The molecular formula is C31H28ClFN4O4S. The first-order valence-electron chi connectivity index (χ1n) is 13.5. The highest BCUT2D eigenvalue weighted by Crippen LogP contribution is 2.48. The van der Waals surface area contributed by atoms with E-state index >= 15 is 0 Å². The third-order valence-electron chi connectivity index (χ3n) is 7.35. The summed E-state index contributed by atoms with van der Waals surface area (Å²) in [4.78, 5) is 30.7. The maximum atomic E-state index is 14.0. The Morgan fingerprint density at radius 2 is 1.74 bits per heavy atom. The number of halogens is 2. The Kier molecular flexibility index (Phi) is 8.19. The van der Waals surface area contributed by atoms with Crippen LogP contribution in [0.2, 0.25) is 5.02 Å². The number of thioether (sulfide) groups is 1. The van der Waals surface area contributed by atoms with Crippen molar-refractivity contribution in [2.45, 2.75) is 5.25 Å². The molecule has 3 heterocycles. The van der Waals surface area contributed by atoms with Crippen LogP contribution >= 0.6 is 23.4 Å². The van der Waals surface area contributed by atoms with E-state index in [0.717, 1.165) is 16.7 Å². The van der Waals surface area contributed by atoms with Gasteiger partial charge in [-0.1, -0.05) is 35.9 Å². The molecule has 216 valence electrons. The van der Waals surface area contributed by atoms with Gasteiger partial charge in [-0.05, 0) is 54.1 Å². The van der Waals surface area contributed by atoms with Gasteiger partial charge in [-0.15, -0.1) is 11.8 Å². The number of ether oxygens (including phenoxy) is 2. The van der Waals surface area contributed by atoms with Crippen LogP contribution in [0.1, 0.15) is 16.4 Å². The van der Waals surface area contributed by atoms with E-state index < -0.39 is 0 Å². The maximum absolute atomic E-state index is 14.0. The Bertz CT molecular complexity index is 1590. The van der Waals surface area contributed by atoms with E-state index in [0.29, 0.717) is 54.3 Å². The summed E-state index contributed by atoms with van der Waals surface area (Å²) in [6.07, 6.45) is 0. The van der Waals surface area contributed by atoms with Gasteiger partial charge in [-0.25, -0.2) is 9.07 Å². The van der Waals surface area contributed by atoms with E-state index in [-0.39, 0.29) is 35.2 Å². The highest BCUT2D eigenvalue weighted by atomic mass is 35.5. The summed E-state index contributed by atoms with van der Waals surface area (Å²) in [5.74, 6) is 0.554. The summed E-state index contributed by atoms with van der Waals surface area (Å²) < 4.78 is 26.5. The molecule has 0 saturated carbocycles. The van der Waals surface area contributed by atoms with Crippen LogP contribution in [0.15, 0.2) is 72.8 Å². The van der Waals surface area contributed by atoms with E-state index in [9.17, 15) is 14.0 Å². The van der Waals surface area contributed by atoms with Gasteiger partial charge in [0.1, 0.15) is 23.9 Å². The molecule has 0 bridgehead atoms. The molecule has 4 aromatic rings. The van der Waals surface area contributed by atoms with Crippen LogP contribution in [-0.4, -0.2) is 72.2 Å². The first-order chi connectivity index (χ1) is 20.4. The summed E-state index contributed by atoms with van der Waals surface area (Å²) in [5, 5.41) is 5.27. The fraction of sp³-hybridized carbons (Fsp3) is 0.258. The molecule has 1 saturated heterocycles. The number of hydrogen-bond acceptors (Lipinski definition) is 6. The molecule has 3 aromatic carbocycles. The molecule has 11 heteroatoms. The van der Waals surface area contributed by atoms with Crippen LogP contribution in [0.4, 0.5) is 10.2 Å². The molecule has 1 atom stereocenters. The van der Waals surface area contributed by atoms with Crippen molar-refractivity contribution in [2.75, 3.05) is 50.6 Å². The number of anilines is 1. The highest BCUT2D eigenvalue weighted by molar-refractivity contribution is 8.00. The fourth-order valence-corrected chi connectivity index (χ4v) is 6.52. The number of benzene rings is 3. The zero-order valence-electron chi connectivity index (χ0n) is 22.8. The number of methoxy groups -OCH3 is 1. The first-order valence-corrected chi connectivity index (χ1v) is 14.9. The van der Waals surface area contributed by atoms with Crippen LogP contribution in [-0.2, 0) is 14.3 Å². The molecule has 0 N–H and O–H groups in total. The maximum Gasteiger partial charge on any atom is 0.242 e. The smallest absolute Gasteiger partial charge is 0.242 e. The van der Waals surface area contributed by atoms with Crippen molar-refractivity contribution in [3.8, 4) is 22.7 Å². The first kappa shape index (κ1) is 28.3. The van der Waals surface area contributed by atoms with Gasteiger partial charge in [0.05, 0.1) is 42.7 Å². The summed E-state index contributed by atoms with van der Waals surface area (Å²) in [5.41, 5.74) is 3.70. The number of aromatic nitrogens is 2. The van der Waals surface area contributed by atoms with Crippen molar-refractivity contribution in [2.24, 2.45) is 0 Å². The number of fused-ring (bicyclic) bond motifs is 1. The van der Waals surface area contributed by atoms with E-state index in [1.54, 1.807) is 45.9 Å². The number of amides is 2. The van der Waals surface area contributed by atoms with E-state index in [1.165, 1.54) is 23.9 Å². The Morgan fingerprint density at radius 1 is 1.05 bits per heavy atom. The topological polar surface area (TPSA) is 76.9 Å². The lowest BCUT2D eigenvalue weighted by Gasteiger charge is -2.30. The second-order valence-electron chi connectivity index (χ2n) is 9.92. The van der Waals surface area contributed by atoms with Gasteiger partial charge < -0.3 is 14.4 Å². The Balaban J connectivity index is 1.58. The quantitative estimate of drug-likeness (QED) is 0.294. The average molecular weight is 607 g/mol. The number of nitrogens with zero attached hydrogens (tertiary/aromatic N) is 4. The van der Waals surface area contributed by atoms with Crippen molar-refractivity contribution < 1.29 is 23.5 Å². The highest BCUT2D eigenvalue weighted by Gasteiger charge is 2.38. The number of carbonyl (C=O) groups is 2. The Labute approximate surface area is 252 Å². The van der Waals surface area contributed by atoms with Crippen LogP contribution in [0.5, 0.6) is 5.75 Å². The van der Waals surface area contributed by atoms with Crippen molar-refractivity contribution in [3.05, 3.63) is 94.8 Å². The number of morpholine rings is 1. The van der Waals surface area contributed by atoms with E-state index in [2.05, 4.69) is 0 Å². The normalized spacial score (nSPS) is 17.1. The summed E-state index contributed by atoms with van der Waals surface area (Å²) in [6, 6.07) is 21.0. The van der Waals surface area contributed by atoms with Crippen molar-refractivity contribution in [1.82, 2.24) is 14.7 Å². The molecule has 42 heavy (non-hydrogen) atoms. The lowest BCUT2D eigenvalue weighted by molar-refractivity contribution is -0.134. The number of rotatable bonds is 6. The predicted molar refractivity (Wildman–Crippen MR) is 161 cm³/mol. The minimum Gasteiger partial charge on any atom is -0.497 e. The van der Waals surface area contributed by atoms with Gasteiger partial charge in [0.2, 0.25) is 11.8 Å².